The first kappa shape index (κ1) is 10.9. The molecule has 0 radical (unpaired) electrons. The molecule has 0 saturated heterocycles. The molecule has 2 heterocycles. The molecule has 86 valence electrons. The smallest absolute Gasteiger partial charge is 0.215 e. The number of ether oxygens (including phenoxy) is 1. The van der Waals surface area contributed by atoms with E-state index in [9.17, 15) is 0 Å². The van der Waals surface area contributed by atoms with E-state index < -0.39 is 0 Å². The summed E-state index contributed by atoms with van der Waals surface area (Å²) in [6.07, 6.45) is 0. The van der Waals surface area contributed by atoms with Crippen LogP contribution in [0.4, 0.5) is 0 Å². The number of rotatable bonds is 4. The van der Waals surface area contributed by atoms with Gasteiger partial charge in [-0.05, 0) is 19.5 Å². The van der Waals surface area contributed by atoms with Crippen LogP contribution in [0, 0.1) is 0 Å². The standard InChI is InChI=1S/C11H16N4O/c1-4-12-7(2)10-13-8-5-6-9(16-3)14-11(8)15-10/h5-7,12H,4H2,1-3H3,(H,13,14,15). The highest BCUT2D eigenvalue weighted by atomic mass is 16.5. The van der Waals surface area contributed by atoms with E-state index in [1.807, 2.05) is 12.1 Å². The van der Waals surface area contributed by atoms with Crippen LogP contribution in [0.5, 0.6) is 5.88 Å². The van der Waals surface area contributed by atoms with Crippen LogP contribution in [0.1, 0.15) is 25.7 Å². The molecule has 0 spiro atoms. The number of nitrogens with zero attached hydrogens (tertiary/aromatic N) is 2. The lowest BCUT2D eigenvalue weighted by Gasteiger charge is -2.07. The maximum atomic E-state index is 5.06. The number of hydrogen-bond donors (Lipinski definition) is 2. The van der Waals surface area contributed by atoms with Crippen molar-refractivity contribution in [3.8, 4) is 5.88 Å². The van der Waals surface area contributed by atoms with E-state index in [4.69, 9.17) is 4.74 Å². The van der Waals surface area contributed by atoms with Crippen LogP contribution < -0.4 is 10.1 Å². The van der Waals surface area contributed by atoms with Gasteiger partial charge in [-0.3, -0.25) is 0 Å². The number of imidazole rings is 1. The molecule has 2 aromatic heterocycles. The Bertz CT molecular complexity index is 480. The molecule has 0 saturated carbocycles. The summed E-state index contributed by atoms with van der Waals surface area (Å²) in [5.41, 5.74) is 1.62. The molecule has 0 aliphatic heterocycles. The van der Waals surface area contributed by atoms with Crippen molar-refractivity contribution >= 4 is 11.2 Å². The summed E-state index contributed by atoms with van der Waals surface area (Å²) in [5.74, 6) is 1.49. The number of nitrogens with one attached hydrogen (secondary N) is 2. The molecule has 5 heteroatoms. The summed E-state index contributed by atoms with van der Waals surface area (Å²) in [6.45, 7) is 5.05. The van der Waals surface area contributed by atoms with E-state index in [2.05, 4.69) is 34.1 Å². The Morgan fingerprint density at radius 1 is 1.44 bits per heavy atom. The average Bonchev–Trinajstić information content (AvgIpc) is 2.71. The Labute approximate surface area is 94.2 Å². The third kappa shape index (κ3) is 1.99. The zero-order chi connectivity index (χ0) is 11.5. The zero-order valence-electron chi connectivity index (χ0n) is 9.74. The summed E-state index contributed by atoms with van der Waals surface area (Å²) in [7, 11) is 1.60. The Morgan fingerprint density at radius 3 is 2.94 bits per heavy atom. The fraction of sp³-hybridized carbons (Fsp3) is 0.455. The summed E-state index contributed by atoms with van der Waals surface area (Å²) in [5, 5.41) is 3.30. The molecular formula is C11H16N4O. The van der Waals surface area contributed by atoms with Gasteiger partial charge in [0.15, 0.2) is 5.65 Å². The Hall–Kier alpha value is -1.62. The minimum atomic E-state index is 0.199. The lowest BCUT2D eigenvalue weighted by molar-refractivity contribution is 0.399. The van der Waals surface area contributed by atoms with Gasteiger partial charge in [-0.1, -0.05) is 6.92 Å². The second-order valence-corrected chi connectivity index (χ2v) is 3.63. The van der Waals surface area contributed by atoms with Crippen molar-refractivity contribution in [1.29, 1.82) is 0 Å². The van der Waals surface area contributed by atoms with Crippen LogP contribution in [0.25, 0.3) is 11.2 Å². The second-order valence-electron chi connectivity index (χ2n) is 3.63. The van der Waals surface area contributed by atoms with Crippen LogP contribution in [-0.2, 0) is 0 Å². The van der Waals surface area contributed by atoms with Crippen molar-refractivity contribution in [3.63, 3.8) is 0 Å². The topological polar surface area (TPSA) is 62.8 Å². The van der Waals surface area contributed by atoms with E-state index in [-0.39, 0.29) is 6.04 Å². The minimum absolute atomic E-state index is 0.199. The third-order valence-electron chi connectivity index (χ3n) is 2.47. The normalized spacial score (nSPS) is 12.9. The minimum Gasteiger partial charge on any atom is -0.481 e. The molecular weight excluding hydrogens is 204 g/mol. The van der Waals surface area contributed by atoms with Crippen LogP contribution in [0.15, 0.2) is 12.1 Å². The molecule has 1 unspecified atom stereocenters. The van der Waals surface area contributed by atoms with E-state index in [0.717, 1.165) is 17.9 Å². The van der Waals surface area contributed by atoms with Gasteiger partial charge in [0.05, 0.1) is 18.7 Å². The maximum Gasteiger partial charge on any atom is 0.215 e. The molecule has 0 aromatic carbocycles. The van der Waals surface area contributed by atoms with Crippen molar-refractivity contribution < 1.29 is 4.74 Å². The van der Waals surface area contributed by atoms with Crippen LogP contribution in [0.2, 0.25) is 0 Å². The Kier molecular flexibility index (Phi) is 3.05. The fourth-order valence-corrected chi connectivity index (χ4v) is 1.62. The molecule has 0 amide bonds. The number of aromatic nitrogens is 3. The molecule has 2 rings (SSSR count). The monoisotopic (exact) mass is 220 g/mol. The quantitative estimate of drug-likeness (QED) is 0.822. The average molecular weight is 220 g/mol. The van der Waals surface area contributed by atoms with Gasteiger partial charge in [-0.2, -0.15) is 4.98 Å². The van der Waals surface area contributed by atoms with Crippen molar-refractivity contribution in [2.75, 3.05) is 13.7 Å². The first-order valence-corrected chi connectivity index (χ1v) is 5.38. The third-order valence-corrected chi connectivity index (χ3v) is 2.47. The number of H-pyrrole nitrogens is 1. The van der Waals surface area contributed by atoms with Crippen molar-refractivity contribution in [3.05, 3.63) is 18.0 Å². The summed E-state index contributed by atoms with van der Waals surface area (Å²) < 4.78 is 5.06. The number of hydrogen-bond acceptors (Lipinski definition) is 4. The van der Waals surface area contributed by atoms with Gasteiger partial charge in [0.1, 0.15) is 5.82 Å². The SMILES string of the molecule is CCNC(C)c1nc2nc(OC)ccc2[nH]1. The molecule has 1 atom stereocenters. The first-order chi connectivity index (χ1) is 7.74. The van der Waals surface area contributed by atoms with Crippen molar-refractivity contribution in [2.45, 2.75) is 19.9 Å². The molecule has 0 aliphatic carbocycles. The van der Waals surface area contributed by atoms with E-state index >= 15 is 0 Å². The molecule has 0 bridgehead atoms. The van der Waals surface area contributed by atoms with Gasteiger partial charge in [0.25, 0.3) is 0 Å². The van der Waals surface area contributed by atoms with Crippen LogP contribution in [-0.4, -0.2) is 28.6 Å². The Morgan fingerprint density at radius 2 is 2.25 bits per heavy atom. The lowest BCUT2D eigenvalue weighted by atomic mass is 10.3. The van der Waals surface area contributed by atoms with Gasteiger partial charge in [0, 0.05) is 6.07 Å². The van der Waals surface area contributed by atoms with Gasteiger partial charge in [-0.25, -0.2) is 4.98 Å². The van der Waals surface area contributed by atoms with E-state index in [1.54, 1.807) is 7.11 Å². The van der Waals surface area contributed by atoms with Gasteiger partial charge < -0.3 is 15.0 Å². The molecule has 0 fully saturated rings. The van der Waals surface area contributed by atoms with Crippen molar-refractivity contribution in [2.24, 2.45) is 0 Å². The molecule has 0 aliphatic rings. The van der Waals surface area contributed by atoms with Crippen LogP contribution in [0.3, 0.4) is 0 Å². The fourth-order valence-electron chi connectivity index (χ4n) is 1.62. The zero-order valence-corrected chi connectivity index (χ0v) is 9.74. The summed E-state index contributed by atoms with van der Waals surface area (Å²) in [4.78, 5) is 11.9. The van der Waals surface area contributed by atoms with Crippen molar-refractivity contribution in [1.82, 2.24) is 20.3 Å². The van der Waals surface area contributed by atoms with E-state index in [0.29, 0.717) is 11.5 Å². The molecule has 5 nitrogen and oxygen atoms in total. The van der Waals surface area contributed by atoms with Gasteiger partial charge in [-0.15, -0.1) is 0 Å². The molecule has 2 N–H and O–H groups in total. The van der Waals surface area contributed by atoms with Crippen LogP contribution >= 0.6 is 0 Å². The lowest BCUT2D eigenvalue weighted by Crippen LogP contribution is -2.18. The molecule has 2 aromatic rings. The first-order valence-electron chi connectivity index (χ1n) is 5.38. The summed E-state index contributed by atoms with van der Waals surface area (Å²) in [6, 6.07) is 3.95. The highest BCUT2D eigenvalue weighted by Gasteiger charge is 2.10. The Balaban J connectivity index is 2.35. The van der Waals surface area contributed by atoms with Gasteiger partial charge >= 0.3 is 0 Å². The summed E-state index contributed by atoms with van der Waals surface area (Å²) >= 11 is 0. The molecule has 16 heavy (non-hydrogen) atoms. The van der Waals surface area contributed by atoms with E-state index in [1.165, 1.54) is 0 Å². The number of methoxy groups -OCH3 is 1. The predicted octanol–water partition coefficient (Wildman–Crippen LogP) is 1.64. The number of pyridine rings is 1. The highest BCUT2D eigenvalue weighted by Crippen LogP contribution is 2.17. The number of fused-ring (bicyclic) bond motifs is 1. The predicted molar refractivity (Wildman–Crippen MR) is 62.5 cm³/mol. The second kappa shape index (κ2) is 4.49. The van der Waals surface area contributed by atoms with Gasteiger partial charge in [0.2, 0.25) is 5.88 Å². The number of aromatic amines is 1. The highest BCUT2D eigenvalue weighted by molar-refractivity contribution is 5.71. The largest absolute Gasteiger partial charge is 0.481 e. The maximum absolute atomic E-state index is 5.06.